The van der Waals surface area contributed by atoms with Crippen LogP contribution in [0.5, 0.6) is 0 Å². The highest BCUT2D eigenvalue weighted by Gasteiger charge is 2.34. The van der Waals surface area contributed by atoms with Gasteiger partial charge >= 0.3 is 0 Å². The molecule has 3 rings (SSSR count). The van der Waals surface area contributed by atoms with Crippen molar-refractivity contribution in [1.82, 2.24) is 20.4 Å². The second kappa shape index (κ2) is 8.27. The van der Waals surface area contributed by atoms with Crippen LogP contribution in [0.4, 0.5) is 5.82 Å². The van der Waals surface area contributed by atoms with E-state index in [9.17, 15) is 9.59 Å². The number of nitrogens with one attached hydrogen (secondary N) is 1. The van der Waals surface area contributed by atoms with E-state index in [1.807, 2.05) is 17.0 Å². The minimum absolute atomic E-state index is 0.0723. The molecule has 7 nitrogen and oxygen atoms in total. The van der Waals surface area contributed by atoms with Gasteiger partial charge in [-0.2, -0.15) is 5.10 Å². The lowest BCUT2D eigenvalue weighted by molar-refractivity contribution is -0.137. The molecule has 1 aromatic heterocycles. The third kappa shape index (κ3) is 4.46. The highest BCUT2D eigenvalue weighted by molar-refractivity contribution is 5.87. The molecular formula is C18H27N5O2. The molecule has 1 aromatic rings. The van der Waals surface area contributed by atoms with Crippen LogP contribution < -0.4 is 10.2 Å². The van der Waals surface area contributed by atoms with E-state index in [-0.39, 0.29) is 23.8 Å². The maximum absolute atomic E-state index is 13.1. The van der Waals surface area contributed by atoms with Crippen molar-refractivity contribution in [2.75, 3.05) is 31.1 Å². The Morgan fingerprint density at radius 2 is 1.96 bits per heavy atom. The molecule has 1 N–H and O–H groups in total. The van der Waals surface area contributed by atoms with Crippen molar-refractivity contribution in [1.29, 1.82) is 0 Å². The van der Waals surface area contributed by atoms with Gasteiger partial charge in [-0.3, -0.25) is 9.59 Å². The van der Waals surface area contributed by atoms with Crippen molar-refractivity contribution in [3.63, 3.8) is 0 Å². The van der Waals surface area contributed by atoms with Crippen molar-refractivity contribution in [2.45, 2.75) is 45.1 Å². The second-order valence-electron chi connectivity index (χ2n) is 6.97. The number of hydrogen-bond donors (Lipinski definition) is 1. The molecule has 1 saturated carbocycles. The Balaban J connectivity index is 1.65. The molecule has 1 saturated heterocycles. The van der Waals surface area contributed by atoms with Crippen LogP contribution in [0, 0.1) is 5.92 Å². The standard InChI is InChI=1S/C18H27N5O2/c1-14(24)20-17(15-6-2-3-7-15)18(25)23-11-5-10-22(12-13-23)16-8-4-9-19-21-16/h4,8-9,15,17H,2-3,5-7,10-13H2,1H3,(H,20,24)/t17-/m0/s1. The number of nitrogens with zero attached hydrogens (tertiary/aromatic N) is 4. The molecule has 1 atom stereocenters. The van der Waals surface area contributed by atoms with E-state index >= 15 is 0 Å². The Bertz CT molecular complexity index is 588. The lowest BCUT2D eigenvalue weighted by atomic mass is 9.96. The number of rotatable bonds is 4. The summed E-state index contributed by atoms with van der Waals surface area (Å²) in [7, 11) is 0. The molecule has 2 aliphatic rings. The molecule has 1 aliphatic carbocycles. The first kappa shape index (κ1) is 17.6. The van der Waals surface area contributed by atoms with Crippen LogP contribution in [0.2, 0.25) is 0 Å². The average molecular weight is 345 g/mol. The number of aromatic nitrogens is 2. The summed E-state index contributed by atoms with van der Waals surface area (Å²) < 4.78 is 0. The molecule has 2 heterocycles. The number of hydrogen-bond acceptors (Lipinski definition) is 5. The molecule has 0 bridgehead atoms. The minimum atomic E-state index is -0.372. The van der Waals surface area contributed by atoms with Crippen LogP contribution in [0.25, 0.3) is 0 Å². The second-order valence-corrected chi connectivity index (χ2v) is 6.97. The van der Waals surface area contributed by atoms with Gasteiger partial charge in [0, 0.05) is 39.3 Å². The third-order valence-corrected chi connectivity index (χ3v) is 5.19. The van der Waals surface area contributed by atoms with Crippen LogP contribution in [0.1, 0.15) is 39.0 Å². The quantitative estimate of drug-likeness (QED) is 0.887. The summed E-state index contributed by atoms with van der Waals surface area (Å²) in [5.41, 5.74) is 0. The Labute approximate surface area is 148 Å². The first-order valence-electron chi connectivity index (χ1n) is 9.23. The third-order valence-electron chi connectivity index (χ3n) is 5.19. The normalized spacial score (nSPS) is 20.2. The zero-order chi connectivity index (χ0) is 17.6. The van der Waals surface area contributed by atoms with Crippen molar-refractivity contribution in [2.24, 2.45) is 5.92 Å². The van der Waals surface area contributed by atoms with E-state index in [0.717, 1.165) is 57.6 Å². The van der Waals surface area contributed by atoms with E-state index in [4.69, 9.17) is 0 Å². The molecule has 2 fully saturated rings. The maximum atomic E-state index is 13.1. The summed E-state index contributed by atoms with van der Waals surface area (Å²) in [5, 5.41) is 11.0. The topological polar surface area (TPSA) is 78.4 Å². The SMILES string of the molecule is CC(=O)N[C@H](C(=O)N1CCCN(c2cccnn2)CC1)C1CCCC1. The lowest BCUT2D eigenvalue weighted by Gasteiger charge is -2.30. The Hall–Kier alpha value is -2.18. The van der Waals surface area contributed by atoms with Gasteiger partial charge in [0.25, 0.3) is 0 Å². The molecule has 136 valence electrons. The molecule has 0 radical (unpaired) electrons. The van der Waals surface area contributed by atoms with Gasteiger partial charge in [0.2, 0.25) is 11.8 Å². The van der Waals surface area contributed by atoms with Crippen molar-refractivity contribution in [3.8, 4) is 0 Å². The molecular weight excluding hydrogens is 318 g/mol. The van der Waals surface area contributed by atoms with E-state index in [0.29, 0.717) is 6.54 Å². The molecule has 1 aliphatic heterocycles. The highest BCUT2D eigenvalue weighted by Crippen LogP contribution is 2.29. The van der Waals surface area contributed by atoms with Gasteiger partial charge in [-0.25, -0.2) is 0 Å². The number of carbonyl (C=O) groups excluding carboxylic acids is 2. The first-order valence-corrected chi connectivity index (χ1v) is 9.23. The van der Waals surface area contributed by atoms with Gasteiger partial charge < -0.3 is 15.1 Å². The van der Waals surface area contributed by atoms with Crippen molar-refractivity contribution < 1.29 is 9.59 Å². The molecule has 0 spiro atoms. The fraction of sp³-hybridized carbons (Fsp3) is 0.667. The largest absolute Gasteiger partial charge is 0.353 e. The molecule has 0 aromatic carbocycles. The van der Waals surface area contributed by atoms with Crippen molar-refractivity contribution >= 4 is 17.6 Å². The number of amides is 2. The Morgan fingerprint density at radius 3 is 2.64 bits per heavy atom. The summed E-state index contributed by atoms with van der Waals surface area (Å²) in [6.45, 7) is 4.46. The molecule has 0 unspecified atom stereocenters. The summed E-state index contributed by atoms with van der Waals surface area (Å²) in [5.74, 6) is 1.08. The molecule has 2 amide bonds. The number of carbonyl (C=O) groups is 2. The molecule has 7 heteroatoms. The van der Waals surface area contributed by atoms with Gasteiger partial charge in [-0.05, 0) is 37.3 Å². The van der Waals surface area contributed by atoms with E-state index < -0.39 is 0 Å². The summed E-state index contributed by atoms with van der Waals surface area (Å²) in [6, 6.07) is 3.45. The minimum Gasteiger partial charge on any atom is -0.353 e. The van der Waals surface area contributed by atoms with Gasteiger partial charge in [0.05, 0.1) is 0 Å². The summed E-state index contributed by atoms with van der Waals surface area (Å²) >= 11 is 0. The summed E-state index contributed by atoms with van der Waals surface area (Å²) in [6.07, 6.45) is 6.89. The zero-order valence-electron chi connectivity index (χ0n) is 14.9. The van der Waals surface area contributed by atoms with Crippen molar-refractivity contribution in [3.05, 3.63) is 18.3 Å². The van der Waals surface area contributed by atoms with E-state index in [1.165, 1.54) is 6.92 Å². The fourth-order valence-electron chi connectivity index (χ4n) is 3.92. The first-order chi connectivity index (χ1) is 12.1. The van der Waals surface area contributed by atoms with E-state index in [1.54, 1.807) is 6.20 Å². The fourth-order valence-corrected chi connectivity index (χ4v) is 3.92. The van der Waals surface area contributed by atoms with Gasteiger partial charge in [-0.15, -0.1) is 5.10 Å². The monoisotopic (exact) mass is 345 g/mol. The van der Waals surface area contributed by atoms with Gasteiger partial charge in [0.15, 0.2) is 5.82 Å². The van der Waals surface area contributed by atoms with E-state index in [2.05, 4.69) is 20.4 Å². The van der Waals surface area contributed by atoms with Crippen LogP contribution in [-0.4, -0.2) is 59.1 Å². The van der Waals surface area contributed by atoms with Gasteiger partial charge in [-0.1, -0.05) is 12.8 Å². The Morgan fingerprint density at radius 1 is 1.16 bits per heavy atom. The smallest absolute Gasteiger partial charge is 0.245 e. The predicted octanol–water partition coefficient (Wildman–Crippen LogP) is 1.21. The summed E-state index contributed by atoms with van der Waals surface area (Å²) in [4.78, 5) is 28.8. The lowest BCUT2D eigenvalue weighted by Crippen LogP contribution is -2.52. The van der Waals surface area contributed by atoms with Gasteiger partial charge in [0.1, 0.15) is 6.04 Å². The molecule has 25 heavy (non-hydrogen) atoms. The number of anilines is 1. The Kier molecular flexibility index (Phi) is 5.83. The van der Waals surface area contributed by atoms with Crippen LogP contribution in [0.15, 0.2) is 18.3 Å². The maximum Gasteiger partial charge on any atom is 0.245 e. The predicted molar refractivity (Wildman–Crippen MR) is 95.0 cm³/mol. The zero-order valence-corrected chi connectivity index (χ0v) is 14.9. The van der Waals surface area contributed by atoms with Crippen LogP contribution >= 0.6 is 0 Å². The average Bonchev–Trinajstić information content (AvgIpc) is 3.03. The van der Waals surface area contributed by atoms with Crippen LogP contribution in [-0.2, 0) is 9.59 Å². The highest BCUT2D eigenvalue weighted by atomic mass is 16.2. The van der Waals surface area contributed by atoms with Crippen LogP contribution in [0.3, 0.4) is 0 Å².